The van der Waals surface area contributed by atoms with Crippen molar-refractivity contribution in [3.05, 3.63) is 29.8 Å². The molecule has 0 aliphatic rings. The fourth-order valence-corrected chi connectivity index (χ4v) is 0.948. The summed E-state index contributed by atoms with van der Waals surface area (Å²) in [5.41, 5.74) is 0.295. The zero-order valence-corrected chi connectivity index (χ0v) is 7.24. The molecular weight excluding hydrogens is 154 g/mol. The van der Waals surface area contributed by atoms with E-state index in [0.717, 1.165) is 5.56 Å². The number of phenolic OH excluding ortho intramolecular Hbond substituents is 1. The van der Waals surface area contributed by atoms with Crippen molar-refractivity contribution in [3.8, 4) is 5.75 Å². The first-order valence-corrected chi connectivity index (χ1v) is 3.73. The SMILES string of the molecule is CC(C)(ON)c1cccc(O)c1. The van der Waals surface area contributed by atoms with Gasteiger partial charge in [-0.1, -0.05) is 12.1 Å². The smallest absolute Gasteiger partial charge is 0.115 e. The lowest BCUT2D eigenvalue weighted by Gasteiger charge is -2.22. The van der Waals surface area contributed by atoms with Gasteiger partial charge in [-0.05, 0) is 31.5 Å². The Balaban J connectivity index is 3.03. The number of rotatable bonds is 2. The lowest BCUT2D eigenvalue weighted by Crippen LogP contribution is -2.25. The Morgan fingerprint density at radius 2 is 2.08 bits per heavy atom. The second-order valence-corrected chi connectivity index (χ2v) is 3.18. The molecule has 0 aromatic heterocycles. The van der Waals surface area contributed by atoms with Crippen LogP contribution in [0.2, 0.25) is 0 Å². The highest BCUT2D eigenvalue weighted by Crippen LogP contribution is 2.25. The molecule has 0 bridgehead atoms. The maximum atomic E-state index is 9.18. The van der Waals surface area contributed by atoms with Crippen molar-refractivity contribution in [2.45, 2.75) is 19.4 Å². The monoisotopic (exact) mass is 167 g/mol. The lowest BCUT2D eigenvalue weighted by atomic mass is 9.98. The lowest BCUT2D eigenvalue weighted by molar-refractivity contribution is -0.0237. The summed E-state index contributed by atoms with van der Waals surface area (Å²) in [6.07, 6.45) is 0. The van der Waals surface area contributed by atoms with E-state index < -0.39 is 5.60 Å². The van der Waals surface area contributed by atoms with Crippen molar-refractivity contribution in [1.29, 1.82) is 0 Å². The summed E-state index contributed by atoms with van der Waals surface area (Å²) in [4.78, 5) is 4.77. The van der Waals surface area contributed by atoms with Crippen LogP contribution in [0.4, 0.5) is 0 Å². The molecular formula is C9H13NO2. The van der Waals surface area contributed by atoms with Gasteiger partial charge in [0, 0.05) is 0 Å². The Labute approximate surface area is 71.7 Å². The van der Waals surface area contributed by atoms with E-state index in [2.05, 4.69) is 0 Å². The summed E-state index contributed by atoms with van der Waals surface area (Å²) < 4.78 is 0. The largest absolute Gasteiger partial charge is 0.508 e. The van der Waals surface area contributed by atoms with Crippen molar-refractivity contribution in [1.82, 2.24) is 0 Å². The molecule has 1 aromatic rings. The van der Waals surface area contributed by atoms with Gasteiger partial charge in [-0.15, -0.1) is 0 Å². The molecule has 0 spiro atoms. The maximum absolute atomic E-state index is 9.18. The van der Waals surface area contributed by atoms with Crippen LogP contribution in [-0.4, -0.2) is 5.11 Å². The third-order valence-electron chi connectivity index (χ3n) is 1.84. The second kappa shape index (κ2) is 3.13. The fraction of sp³-hybridized carbons (Fsp3) is 0.333. The summed E-state index contributed by atoms with van der Waals surface area (Å²) in [7, 11) is 0. The van der Waals surface area contributed by atoms with E-state index >= 15 is 0 Å². The van der Waals surface area contributed by atoms with E-state index in [-0.39, 0.29) is 5.75 Å². The molecule has 0 saturated carbocycles. The number of aromatic hydroxyl groups is 1. The van der Waals surface area contributed by atoms with Crippen LogP contribution in [0, 0.1) is 0 Å². The summed E-state index contributed by atoms with van der Waals surface area (Å²) >= 11 is 0. The molecule has 0 aliphatic heterocycles. The highest BCUT2D eigenvalue weighted by molar-refractivity contribution is 5.30. The summed E-state index contributed by atoms with van der Waals surface area (Å²) in [6, 6.07) is 6.85. The Morgan fingerprint density at radius 1 is 1.42 bits per heavy atom. The molecule has 0 radical (unpaired) electrons. The van der Waals surface area contributed by atoms with Gasteiger partial charge in [0.15, 0.2) is 0 Å². The maximum Gasteiger partial charge on any atom is 0.115 e. The molecule has 0 amide bonds. The number of hydrogen-bond acceptors (Lipinski definition) is 3. The van der Waals surface area contributed by atoms with Gasteiger partial charge in [0.25, 0.3) is 0 Å². The van der Waals surface area contributed by atoms with Crippen molar-refractivity contribution < 1.29 is 9.94 Å². The first-order chi connectivity index (χ1) is 5.56. The van der Waals surface area contributed by atoms with Gasteiger partial charge in [0.05, 0.1) is 0 Å². The molecule has 1 aromatic carbocycles. The number of benzene rings is 1. The van der Waals surface area contributed by atoms with Gasteiger partial charge in [0.1, 0.15) is 11.4 Å². The van der Waals surface area contributed by atoms with Gasteiger partial charge < -0.3 is 5.11 Å². The van der Waals surface area contributed by atoms with Crippen molar-refractivity contribution >= 4 is 0 Å². The van der Waals surface area contributed by atoms with Crippen LogP contribution in [0.5, 0.6) is 5.75 Å². The van der Waals surface area contributed by atoms with Crippen molar-refractivity contribution in [3.63, 3.8) is 0 Å². The molecule has 0 atom stereocenters. The first kappa shape index (κ1) is 9.03. The highest BCUT2D eigenvalue weighted by Gasteiger charge is 2.20. The van der Waals surface area contributed by atoms with E-state index in [4.69, 9.17) is 10.7 Å². The fourth-order valence-electron chi connectivity index (χ4n) is 0.948. The summed E-state index contributed by atoms with van der Waals surface area (Å²) in [5, 5.41) is 9.18. The Morgan fingerprint density at radius 3 is 2.58 bits per heavy atom. The Bertz CT molecular complexity index is 271. The molecule has 0 aliphatic carbocycles. The number of nitrogens with two attached hydrogens (primary N) is 1. The van der Waals surface area contributed by atoms with E-state index in [1.807, 2.05) is 19.9 Å². The highest BCUT2D eigenvalue weighted by atomic mass is 16.6. The predicted octanol–water partition coefficient (Wildman–Crippen LogP) is 1.52. The average molecular weight is 167 g/mol. The van der Waals surface area contributed by atoms with Crippen LogP contribution in [0.1, 0.15) is 19.4 Å². The normalized spacial score (nSPS) is 11.6. The molecule has 12 heavy (non-hydrogen) atoms. The van der Waals surface area contributed by atoms with Gasteiger partial charge in [-0.3, -0.25) is 4.84 Å². The van der Waals surface area contributed by atoms with Gasteiger partial charge >= 0.3 is 0 Å². The first-order valence-electron chi connectivity index (χ1n) is 3.73. The van der Waals surface area contributed by atoms with Gasteiger partial charge in [-0.2, -0.15) is 0 Å². The van der Waals surface area contributed by atoms with Crippen LogP contribution >= 0.6 is 0 Å². The minimum Gasteiger partial charge on any atom is -0.508 e. The molecule has 0 saturated heterocycles. The van der Waals surface area contributed by atoms with Gasteiger partial charge in [0.2, 0.25) is 0 Å². The molecule has 1 rings (SSSR count). The van der Waals surface area contributed by atoms with E-state index in [0.29, 0.717) is 0 Å². The molecule has 66 valence electrons. The predicted molar refractivity (Wildman–Crippen MR) is 46.4 cm³/mol. The molecule has 0 heterocycles. The van der Waals surface area contributed by atoms with Gasteiger partial charge in [-0.25, -0.2) is 5.90 Å². The Hall–Kier alpha value is -1.06. The number of hydrogen-bond donors (Lipinski definition) is 2. The molecule has 0 unspecified atom stereocenters. The third-order valence-corrected chi connectivity index (χ3v) is 1.84. The number of phenols is 1. The van der Waals surface area contributed by atoms with Crippen LogP contribution in [0.25, 0.3) is 0 Å². The minimum atomic E-state index is -0.557. The average Bonchev–Trinajstić information content (AvgIpc) is 2.05. The van der Waals surface area contributed by atoms with Crippen molar-refractivity contribution in [2.24, 2.45) is 5.90 Å². The topological polar surface area (TPSA) is 55.5 Å². The summed E-state index contributed by atoms with van der Waals surface area (Å²) in [6.45, 7) is 3.67. The van der Waals surface area contributed by atoms with Crippen molar-refractivity contribution in [2.75, 3.05) is 0 Å². The van der Waals surface area contributed by atoms with Crippen LogP contribution in [0.3, 0.4) is 0 Å². The molecule has 0 fully saturated rings. The van der Waals surface area contributed by atoms with E-state index in [9.17, 15) is 5.11 Å². The molecule has 3 nitrogen and oxygen atoms in total. The Kier molecular flexibility index (Phi) is 2.35. The third kappa shape index (κ3) is 1.75. The quantitative estimate of drug-likeness (QED) is 0.656. The minimum absolute atomic E-state index is 0.220. The molecule has 3 N–H and O–H groups in total. The van der Waals surface area contributed by atoms with Crippen LogP contribution < -0.4 is 5.90 Å². The van der Waals surface area contributed by atoms with Crippen LogP contribution in [-0.2, 0) is 10.4 Å². The zero-order valence-electron chi connectivity index (χ0n) is 7.24. The van der Waals surface area contributed by atoms with Crippen LogP contribution in [0.15, 0.2) is 24.3 Å². The zero-order chi connectivity index (χ0) is 9.19. The summed E-state index contributed by atoms with van der Waals surface area (Å²) in [5.74, 6) is 5.33. The second-order valence-electron chi connectivity index (χ2n) is 3.18. The van der Waals surface area contributed by atoms with E-state index in [1.165, 1.54) is 0 Å². The standard InChI is InChI=1S/C9H13NO2/c1-9(2,12-10)7-4-3-5-8(11)6-7/h3-6,11H,10H2,1-2H3. The molecule has 3 heteroatoms. The van der Waals surface area contributed by atoms with E-state index in [1.54, 1.807) is 18.2 Å².